The average molecular weight is 393 g/mol. The second kappa shape index (κ2) is 8.71. The Morgan fingerprint density at radius 2 is 1.52 bits per heavy atom. The lowest BCUT2D eigenvalue weighted by atomic mass is 9.48. The molecule has 1 aromatic rings. The molecule has 0 aliphatic heterocycles. The van der Waals surface area contributed by atoms with Crippen molar-refractivity contribution in [1.29, 1.82) is 0 Å². The van der Waals surface area contributed by atoms with E-state index in [4.69, 9.17) is 4.74 Å². The first-order valence-electron chi connectivity index (χ1n) is 10.7. The van der Waals surface area contributed by atoms with Gasteiger partial charge in [0.05, 0.1) is 0 Å². The average Bonchev–Trinajstić information content (AvgIpc) is 2.64. The number of aliphatic hydroxyl groups excluding tert-OH is 1. The highest BCUT2D eigenvalue weighted by molar-refractivity contribution is 5.34. The van der Waals surface area contributed by atoms with E-state index in [0.717, 1.165) is 36.6 Å². The van der Waals surface area contributed by atoms with Crippen LogP contribution in [0.2, 0.25) is 0 Å². The third kappa shape index (κ3) is 4.46. The van der Waals surface area contributed by atoms with Gasteiger partial charge in [-0.25, -0.2) is 0 Å². The van der Waals surface area contributed by atoms with Crippen LogP contribution in [0.3, 0.4) is 0 Å². The van der Waals surface area contributed by atoms with Crippen LogP contribution in [0.5, 0.6) is 5.75 Å². The first-order chi connectivity index (χ1) is 12.6. The van der Waals surface area contributed by atoms with Gasteiger partial charge in [-0.2, -0.15) is 0 Å². The first kappa shape index (κ1) is 21.0. The summed E-state index contributed by atoms with van der Waals surface area (Å²) in [6, 6.07) is 8.86. The van der Waals surface area contributed by atoms with Crippen LogP contribution in [0, 0.1) is 17.8 Å². The largest absolute Gasteiger partial charge is 1.00 e. The van der Waals surface area contributed by atoms with Crippen LogP contribution >= 0.6 is 0 Å². The number of hydrogen-bond acceptors (Lipinski definition) is 3. The summed E-state index contributed by atoms with van der Waals surface area (Å²) in [7, 11) is 0. The molecule has 4 fully saturated rings. The molecule has 1 atom stereocenters. The Balaban J connectivity index is 0.00000210. The Morgan fingerprint density at radius 1 is 1.00 bits per heavy atom. The van der Waals surface area contributed by atoms with Crippen molar-refractivity contribution < 1.29 is 22.3 Å². The molecule has 1 N–H and O–H groups in total. The maximum Gasteiger partial charge on any atom is 0.119 e. The van der Waals surface area contributed by atoms with Gasteiger partial charge in [-0.05, 0) is 92.5 Å². The molecule has 1 unspecified atom stereocenters. The predicted molar refractivity (Wildman–Crippen MR) is 106 cm³/mol. The number of hydrogen-bond donors (Lipinski definition) is 1. The predicted octanol–water partition coefficient (Wildman–Crippen LogP) is 1.24. The van der Waals surface area contributed by atoms with Gasteiger partial charge in [-0.1, -0.05) is 26.0 Å². The normalized spacial score (nSPS) is 32.4. The zero-order chi connectivity index (χ0) is 18.1. The van der Waals surface area contributed by atoms with E-state index in [1.807, 2.05) is 0 Å². The quantitative estimate of drug-likeness (QED) is 0.722. The second-order valence-corrected chi connectivity index (χ2v) is 9.17. The Morgan fingerprint density at radius 3 is 2.00 bits per heavy atom. The molecule has 4 heteroatoms. The summed E-state index contributed by atoms with van der Waals surface area (Å²) < 4.78 is 5.85. The fourth-order valence-corrected chi connectivity index (χ4v) is 6.39. The van der Waals surface area contributed by atoms with E-state index in [0.29, 0.717) is 18.6 Å². The molecule has 1 aromatic carbocycles. The topological polar surface area (TPSA) is 32.7 Å². The van der Waals surface area contributed by atoms with Crippen molar-refractivity contribution in [2.75, 3.05) is 26.2 Å². The van der Waals surface area contributed by atoms with Gasteiger partial charge < -0.3 is 27.2 Å². The van der Waals surface area contributed by atoms with E-state index in [1.54, 1.807) is 0 Å². The summed E-state index contributed by atoms with van der Waals surface area (Å²) in [5.41, 5.74) is 1.99. The van der Waals surface area contributed by atoms with Crippen LogP contribution in [0.25, 0.3) is 0 Å². The van der Waals surface area contributed by atoms with E-state index >= 15 is 0 Å². The van der Waals surface area contributed by atoms with Crippen molar-refractivity contribution in [3.8, 4) is 5.75 Å². The lowest BCUT2D eigenvalue weighted by molar-refractivity contribution is -0.00524. The Hall–Kier alpha value is -0.770. The summed E-state index contributed by atoms with van der Waals surface area (Å²) in [5.74, 6) is 3.82. The van der Waals surface area contributed by atoms with Crippen LogP contribution in [-0.2, 0) is 5.41 Å². The van der Waals surface area contributed by atoms with Crippen LogP contribution in [-0.4, -0.2) is 42.4 Å². The van der Waals surface area contributed by atoms with Crippen LogP contribution in [0.15, 0.2) is 24.3 Å². The van der Waals surface area contributed by atoms with Gasteiger partial charge in [0.1, 0.15) is 18.5 Å². The molecule has 0 aromatic heterocycles. The molecular formula is C23H35ClNO2-. The summed E-state index contributed by atoms with van der Waals surface area (Å²) in [6.45, 7) is 7.23. The van der Waals surface area contributed by atoms with E-state index in [9.17, 15) is 5.11 Å². The molecule has 0 amide bonds. The summed E-state index contributed by atoms with van der Waals surface area (Å²) in [4.78, 5) is 2.23. The van der Waals surface area contributed by atoms with Crippen LogP contribution in [0.1, 0.15) is 57.9 Å². The minimum Gasteiger partial charge on any atom is -1.00 e. The molecule has 0 heterocycles. The molecule has 0 spiro atoms. The fourth-order valence-electron chi connectivity index (χ4n) is 6.39. The number of benzene rings is 1. The van der Waals surface area contributed by atoms with Gasteiger partial charge in [0.2, 0.25) is 0 Å². The monoisotopic (exact) mass is 392 g/mol. The molecule has 4 bridgehead atoms. The molecular weight excluding hydrogens is 358 g/mol. The molecule has 3 nitrogen and oxygen atoms in total. The maximum absolute atomic E-state index is 10.2. The number of nitrogens with zero attached hydrogens (tertiary/aromatic N) is 1. The highest BCUT2D eigenvalue weighted by Gasteiger charge is 2.51. The molecule has 27 heavy (non-hydrogen) atoms. The number of ether oxygens (including phenoxy) is 1. The van der Waals surface area contributed by atoms with Gasteiger partial charge in [0, 0.05) is 6.54 Å². The SMILES string of the molecule is CCN(CC)CC(O)COc1ccc(C23CC4CC(CC(C4)C2)C3)cc1.[Cl-]. The van der Waals surface area contributed by atoms with E-state index in [2.05, 4.69) is 43.0 Å². The Kier molecular flexibility index (Phi) is 6.76. The number of aliphatic hydroxyl groups is 1. The van der Waals surface area contributed by atoms with Crippen molar-refractivity contribution in [3.63, 3.8) is 0 Å². The van der Waals surface area contributed by atoms with Crippen LogP contribution < -0.4 is 17.1 Å². The van der Waals surface area contributed by atoms with Gasteiger partial charge in [0.25, 0.3) is 0 Å². The highest BCUT2D eigenvalue weighted by atomic mass is 35.5. The van der Waals surface area contributed by atoms with Crippen molar-refractivity contribution >= 4 is 0 Å². The highest BCUT2D eigenvalue weighted by Crippen LogP contribution is 2.60. The Bertz CT molecular complexity index is 564. The number of halogens is 1. The summed E-state index contributed by atoms with van der Waals surface area (Å²) in [5, 5.41) is 10.2. The van der Waals surface area contributed by atoms with Crippen molar-refractivity contribution in [1.82, 2.24) is 4.90 Å². The lowest BCUT2D eigenvalue weighted by Gasteiger charge is -2.57. The number of rotatable bonds is 8. The zero-order valence-corrected chi connectivity index (χ0v) is 17.6. The smallest absolute Gasteiger partial charge is 0.119 e. The van der Waals surface area contributed by atoms with Crippen molar-refractivity contribution in [2.45, 2.75) is 63.9 Å². The zero-order valence-electron chi connectivity index (χ0n) is 16.9. The van der Waals surface area contributed by atoms with Crippen LogP contribution in [0.4, 0.5) is 0 Å². The van der Waals surface area contributed by atoms with Crippen molar-refractivity contribution in [3.05, 3.63) is 29.8 Å². The Labute approximate surface area is 170 Å². The fraction of sp³-hybridized carbons (Fsp3) is 0.739. The first-order valence-corrected chi connectivity index (χ1v) is 10.7. The second-order valence-electron chi connectivity index (χ2n) is 9.17. The molecule has 0 radical (unpaired) electrons. The van der Waals surface area contributed by atoms with Gasteiger partial charge in [-0.15, -0.1) is 0 Å². The molecule has 5 rings (SSSR count). The standard InChI is InChI=1S/C23H35NO2.ClH/c1-3-24(4-2)15-21(25)16-26-22-7-5-20(6-8-22)23-12-17-9-18(13-23)11-19(10-17)14-23;/h5-8,17-19,21,25H,3-4,9-16H2,1-2H3;1H/p-1. The van der Waals surface area contributed by atoms with Crippen molar-refractivity contribution in [2.24, 2.45) is 17.8 Å². The molecule has 152 valence electrons. The molecule has 4 saturated carbocycles. The molecule has 4 aliphatic rings. The minimum atomic E-state index is -0.433. The summed E-state index contributed by atoms with van der Waals surface area (Å²) in [6.07, 6.45) is 8.25. The minimum absolute atomic E-state index is 0. The molecule has 0 saturated heterocycles. The maximum atomic E-state index is 10.2. The van der Waals surface area contributed by atoms with E-state index < -0.39 is 6.10 Å². The third-order valence-electron chi connectivity index (χ3n) is 7.31. The summed E-state index contributed by atoms with van der Waals surface area (Å²) >= 11 is 0. The lowest BCUT2D eigenvalue weighted by Crippen LogP contribution is -3.00. The number of likely N-dealkylation sites (N-methyl/N-ethyl adjacent to an activating group) is 1. The molecule has 4 aliphatic carbocycles. The van der Waals surface area contributed by atoms with Gasteiger partial charge in [-0.3, -0.25) is 0 Å². The van der Waals surface area contributed by atoms with E-state index in [-0.39, 0.29) is 12.4 Å². The van der Waals surface area contributed by atoms with Gasteiger partial charge >= 0.3 is 0 Å². The third-order valence-corrected chi connectivity index (χ3v) is 7.31. The van der Waals surface area contributed by atoms with Gasteiger partial charge in [0.15, 0.2) is 0 Å². The van der Waals surface area contributed by atoms with E-state index in [1.165, 1.54) is 44.1 Å².